The van der Waals surface area contributed by atoms with Crippen LogP contribution in [0.4, 0.5) is 0 Å². The van der Waals surface area contributed by atoms with Gasteiger partial charge in [0.05, 0.1) is 6.61 Å². The van der Waals surface area contributed by atoms with E-state index >= 15 is 0 Å². The average Bonchev–Trinajstić information content (AvgIpc) is 2.83. The first-order chi connectivity index (χ1) is 7.93. The van der Waals surface area contributed by atoms with Gasteiger partial charge in [0.15, 0.2) is 0 Å². The molecule has 0 bridgehead atoms. The standard InChI is InChI=1S/C13H19NOS/c1-2-12(16-7-1)13(11-3-4-11)14-8-10-5-6-15-9-10/h1-2,7,10-11,13-14H,3-6,8-9H2. The summed E-state index contributed by atoms with van der Waals surface area (Å²) in [6.07, 6.45) is 4.03. The van der Waals surface area contributed by atoms with Crippen LogP contribution in [0.15, 0.2) is 17.5 Å². The number of hydrogen-bond donors (Lipinski definition) is 1. The van der Waals surface area contributed by atoms with E-state index in [0.717, 1.165) is 31.6 Å². The summed E-state index contributed by atoms with van der Waals surface area (Å²) in [6, 6.07) is 5.04. The fraction of sp³-hybridized carbons (Fsp3) is 0.692. The molecule has 1 aliphatic carbocycles. The van der Waals surface area contributed by atoms with Crippen molar-refractivity contribution in [3.05, 3.63) is 22.4 Å². The van der Waals surface area contributed by atoms with Crippen molar-refractivity contribution in [2.45, 2.75) is 25.3 Å². The molecule has 3 heteroatoms. The van der Waals surface area contributed by atoms with Crippen molar-refractivity contribution < 1.29 is 4.74 Å². The molecule has 1 saturated heterocycles. The molecule has 2 unspecified atom stereocenters. The van der Waals surface area contributed by atoms with E-state index in [0.29, 0.717) is 6.04 Å². The molecule has 16 heavy (non-hydrogen) atoms. The third-order valence-corrected chi connectivity index (χ3v) is 4.55. The highest BCUT2D eigenvalue weighted by Crippen LogP contribution is 2.42. The fourth-order valence-corrected chi connectivity index (χ4v) is 3.33. The van der Waals surface area contributed by atoms with Crippen molar-refractivity contribution in [3.8, 4) is 0 Å². The van der Waals surface area contributed by atoms with Gasteiger partial charge in [0.25, 0.3) is 0 Å². The molecule has 0 radical (unpaired) electrons. The minimum Gasteiger partial charge on any atom is -0.381 e. The van der Waals surface area contributed by atoms with Gasteiger partial charge in [0.2, 0.25) is 0 Å². The quantitative estimate of drug-likeness (QED) is 0.850. The van der Waals surface area contributed by atoms with Crippen LogP contribution >= 0.6 is 11.3 Å². The molecule has 1 aliphatic heterocycles. The molecule has 2 atom stereocenters. The maximum Gasteiger partial charge on any atom is 0.0507 e. The van der Waals surface area contributed by atoms with Gasteiger partial charge in [0.1, 0.15) is 0 Å². The first kappa shape index (κ1) is 10.8. The van der Waals surface area contributed by atoms with Gasteiger partial charge >= 0.3 is 0 Å². The van der Waals surface area contributed by atoms with E-state index in [4.69, 9.17) is 4.74 Å². The summed E-state index contributed by atoms with van der Waals surface area (Å²) in [7, 11) is 0. The lowest BCUT2D eigenvalue weighted by atomic mass is 10.1. The number of thiophene rings is 1. The summed E-state index contributed by atoms with van der Waals surface area (Å²) in [6.45, 7) is 3.04. The lowest BCUT2D eigenvalue weighted by Gasteiger charge is -2.19. The summed E-state index contributed by atoms with van der Waals surface area (Å²) in [5.74, 6) is 1.63. The molecule has 2 fully saturated rings. The second-order valence-electron chi connectivity index (χ2n) is 4.97. The molecule has 2 heterocycles. The molecule has 1 aromatic heterocycles. The van der Waals surface area contributed by atoms with Crippen molar-refractivity contribution in [2.24, 2.45) is 11.8 Å². The van der Waals surface area contributed by atoms with Gasteiger partial charge in [-0.15, -0.1) is 11.3 Å². The molecular weight excluding hydrogens is 218 g/mol. The van der Waals surface area contributed by atoms with Gasteiger partial charge in [-0.25, -0.2) is 0 Å². The molecule has 1 N–H and O–H groups in total. The first-order valence-electron chi connectivity index (χ1n) is 6.28. The van der Waals surface area contributed by atoms with Crippen LogP contribution in [0.3, 0.4) is 0 Å². The fourth-order valence-electron chi connectivity index (χ4n) is 2.44. The molecule has 2 aliphatic rings. The summed E-state index contributed by atoms with van der Waals surface area (Å²) in [5.41, 5.74) is 0. The van der Waals surface area contributed by atoms with Crippen LogP contribution in [-0.2, 0) is 4.74 Å². The summed E-state index contributed by atoms with van der Waals surface area (Å²) < 4.78 is 5.42. The lowest BCUT2D eigenvalue weighted by Crippen LogP contribution is -2.28. The van der Waals surface area contributed by atoms with Gasteiger partial charge < -0.3 is 10.1 Å². The van der Waals surface area contributed by atoms with Crippen molar-refractivity contribution in [2.75, 3.05) is 19.8 Å². The molecule has 88 valence electrons. The third kappa shape index (κ3) is 2.47. The topological polar surface area (TPSA) is 21.3 Å². The SMILES string of the molecule is c1csc(C(NCC2CCOC2)C2CC2)c1. The zero-order valence-corrected chi connectivity index (χ0v) is 10.3. The van der Waals surface area contributed by atoms with E-state index in [1.54, 1.807) is 0 Å². The molecule has 0 spiro atoms. The number of rotatable bonds is 5. The highest BCUT2D eigenvalue weighted by molar-refractivity contribution is 7.10. The zero-order chi connectivity index (χ0) is 10.8. The second kappa shape index (κ2) is 4.86. The van der Waals surface area contributed by atoms with E-state index < -0.39 is 0 Å². The van der Waals surface area contributed by atoms with Crippen molar-refractivity contribution >= 4 is 11.3 Å². The Hall–Kier alpha value is -0.380. The Bertz CT molecular complexity index is 315. The van der Waals surface area contributed by atoms with Crippen LogP contribution in [0, 0.1) is 11.8 Å². The summed E-state index contributed by atoms with van der Waals surface area (Å²) in [5, 5.41) is 5.94. The Morgan fingerprint density at radius 2 is 2.38 bits per heavy atom. The van der Waals surface area contributed by atoms with Gasteiger partial charge in [-0.1, -0.05) is 6.07 Å². The van der Waals surface area contributed by atoms with Crippen LogP contribution in [0.2, 0.25) is 0 Å². The Kier molecular flexibility index (Phi) is 3.27. The molecule has 2 nitrogen and oxygen atoms in total. The normalized spacial score (nSPS) is 27.1. The van der Waals surface area contributed by atoms with E-state index in [9.17, 15) is 0 Å². The lowest BCUT2D eigenvalue weighted by molar-refractivity contribution is 0.184. The molecule has 1 saturated carbocycles. The smallest absolute Gasteiger partial charge is 0.0507 e. The zero-order valence-electron chi connectivity index (χ0n) is 9.52. The Morgan fingerprint density at radius 3 is 3.00 bits per heavy atom. The molecule has 1 aromatic rings. The maximum atomic E-state index is 5.42. The number of hydrogen-bond acceptors (Lipinski definition) is 3. The first-order valence-corrected chi connectivity index (χ1v) is 7.16. The Balaban J connectivity index is 1.57. The van der Waals surface area contributed by atoms with Gasteiger partial charge in [-0.05, 0) is 42.5 Å². The van der Waals surface area contributed by atoms with Gasteiger partial charge in [-0.3, -0.25) is 0 Å². The summed E-state index contributed by atoms with van der Waals surface area (Å²) in [4.78, 5) is 1.52. The molecule has 0 aromatic carbocycles. The maximum absolute atomic E-state index is 5.42. The minimum absolute atomic E-state index is 0.612. The molecule has 3 rings (SSSR count). The largest absolute Gasteiger partial charge is 0.381 e. The van der Waals surface area contributed by atoms with Crippen LogP contribution in [0.1, 0.15) is 30.2 Å². The van der Waals surface area contributed by atoms with E-state index in [1.807, 2.05) is 11.3 Å². The van der Waals surface area contributed by atoms with Crippen molar-refractivity contribution in [1.29, 1.82) is 0 Å². The number of ether oxygens (including phenoxy) is 1. The third-order valence-electron chi connectivity index (χ3n) is 3.59. The van der Waals surface area contributed by atoms with Gasteiger partial charge in [0, 0.05) is 24.1 Å². The Labute approximate surface area is 101 Å². The van der Waals surface area contributed by atoms with E-state index in [2.05, 4.69) is 22.8 Å². The highest BCUT2D eigenvalue weighted by Gasteiger charge is 2.33. The van der Waals surface area contributed by atoms with E-state index in [-0.39, 0.29) is 0 Å². The predicted octanol–water partition coefficient (Wildman–Crippen LogP) is 2.83. The monoisotopic (exact) mass is 237 g/mol. The van der Waals surface area contributed by atoms with Gasteiger partial charge in [-0.2, -0.15) is 0 Å². The van der Waals surface area contributed by atoms with Crippen molar-refractivity contribution in [1.82, 2.24) is 5.32 Å². The van der Waals surface area contributed by atoms with Crippen LogP contribution < -0.4 is 5.32 Å². The van der Waals surface area contributed by atoms with Crippen molar-refractivity contribution in [3.63, 3.8) is 0 Å². The van der Waals surface area contributed by atoms with Crippen LogP contribution in [0.25, 0.3) is 0 Å². The Morgan fingerprint density at radius 1 is 1.44 bits per heavy atom. The minimum atomic E-state index is 0.612. The molecular formula is C13H19NOS. The van der Waals surface area contributed by atoms with Crippen LogP contribution in [0.5, 0.6) is 0 Å². The second-order valence-corrected chi connectivity index (χ2v) is 5.95. The predicted molar refractivity (Wildman–Crippen MR) is 66.7 cm³/mol. The average molecular weight is 237 g/mol. The summed E-state index contributed by atoms with van der Waals surface area (Å²) >= 11 is 1.89. The molecule has 0 amide bonds. The number of nitrogens with one attached hydrogen (secondary N) is 1. The van der Waals surface area contributed by atoms with E-state index in [1.165, 1.54) is 24.1 Å². The highest BCUT2D eigenvalue weighted by atomic mass is 32.1. The van der Waals surface area contributed by atoms with Crippen LogP contribution in [-0.4, -0.2) is 19.8 Å².